The summed E-state index contributed by atoms with van der Waals surface area (Å²) >= 11 is 0. The Morgan fingerprint density at radius 1 is 1.19 bits per heavy atom. The summed E-state index contributed by atoms with van der Waals surface area (Å²) in [6, 6.07) is 6.05. The van der Waals surface area contributed by atoms with Crippen LogP contribution in [0.3, 0.4) is 0 Å². The Kier molecular flexibility index (Phi) is 8.06. The first kappa shape index (κ1) is 24.0. The van der Waals surface area contributed by atoms with Crippen molar-refractivity contribution in [2.45, 2.75) is 68.9 Å². The molecule has 0 unspecified atom stereocenters. The van der Waals surface area contributed by atoms with Gasteiger partial charge in [-0.25, -0.2) is 0 Å². The number of ether oxygens (including phenoxy) is 3. The van der Waals surface area contributed by atoms with Crippen molar-refractivity contribution in [3.05, 3.63) is 35.4 Å². The maximum absolute atomic E-state index is 12.2. The summed E-state index contributed by atoms with van der Waals surface area (Å²) < 4.78 is 16.3. The fourth-order valence-electron chi connectivity index (χ4n) is 3.61. The van der Waals surface area contributed by atoms with Crippen LogP contribution in [-0.2, 0) is 20.7 Å². The summed E-state index contributed by atoms with van der Waals surface area (Å²) in [7, 11) is 0. The number of nitriles is 1. The number of carbonyl (C=O) groups excluding carboxylic acids is 1. The summed E-state index contributed by atoms with van der Waals surface area (Å²) in [4.78, 5) is 12.2. The molecule has 1 saturated heterocycles. The summed E-state index contributed by atoms with van der Waals surface area (Å²) in [5.74, 6) is -0.616. The minimum Gasteiger partial charge on any atom is -0.508 e. The average molecular weight is 449 g/mol. The molecule has 3 rings (SSSR count). The van der Waals surface area contributed by atoms with E-state index in [-0.39, 0.29) is 30.9 Å². The van der Waals surface area contributed by atoms with E-state index in [1.54, 1.807) is 6.08 Å². The number of phenolic OH excluding ortho intramolecular Hbond substituents is 1. The zero-order valence-electron chi connectivity index (χ0n) is 17.3. The van der Waals surface area contributed by atoms with Crippen molar-refractivity contribution in [3.8, 4) is 17.6 Å². The van der Waals surface area contributed by atoms with Crippen LogP contribution in [0.15, 0.2) is 29.8 Å². The molecule has 0 spiro atoms. The van der Waals surface area contributed by atoms with Gasteiger partial charge in [0, 0.05) is 11.6 Å². The van der Waals surface area contributed by atoms with E-state index in [1.165, 1.54) is 18.2 Å². The van der Waals surface area contributed by atoms with Gasteiger partial charge in [-0.2, -0.15) is 5.26 Å². The summed E-state index contributed by atoms with van der Waals surface area (Å²) in [6.45, 7) is -0.384. The van der Waals surface area contributed by atoms with Crippen molar-refractivity contribution < 1.29 is 44.5 Å². The van der Waals surface area contributed by atoms with Gasteiger partial charge in [0.1, 0.15) is 42.5 Å². The van der Waals surface area contributed by atoms with Crippen molar-refractivity contribution in [3.63, 3.8) is 0 Å². The van der Waals surface area contributed by atoms with Crippen LogP contribution in [0, 0.1) is 11.3 Å². The van der Waals surface area contributed by atoms with E-state index < -0.39 is 42.8 Å². The average Bonchev–Trinajstić information content (AvgIpc) is 2.77. The molecule has 2 aliphatic rings. The predicted molar refractivity (Wildman–Crippen MR) is 108 cm³/mol. The number of nitrogens with zero attached hydrogens (tertiary/aromatic N) is 1. The molecule has 10 nitrogen and oxygen atoms in total. The summed E-state index contributed by atoms with van der Waals surface area (Å²) in [5.41, 5.74) is 1.28. The molecular weight excluding hydrogens is 422 g/mol. The highest BCUT2D eigenvalue weighted by Crippen LogP contribution is 2.30. The zero-order chi connectivity index (χ0) is 23.3. The Hall–Kier alpha value is -2.68. The third kappa shape index (κ3) is 5.97. The van der Waals surface area contributed by atoms with Crippen LogP contribution >= 0.6 is 0 Å². The Morgan fingerprint density at radius 2 is 1.97 bits per heavy atom. The van der Waals surface area contributed by atoms with Gasteiger partial charge in [0.15, 0.2) is 0 Å². The molecule has 0 amide bonds. The maximum atomic E-state index is 12.2. The minimum absolute atomic E-state index is 0.0302. The van der Waals surface area contributed by atoms with E-state index in [0.29, 0.717) is 24.8 Å². The molecule has 1 aliphatic heterocycles. The number of rotatable bonds is 7. The number of aliphatic hydroxyl groups excluding tert-OH is 4. The van der Waals surface area contributed by atoms with Crippen LogP contribution in [0.2, 0.25) is 0 Å². The Balaban J connectivity index is 1.62. The molecular formula is C22H27NO9. The summed E-state index contributed by atoms with van der Waals surface area (Å²) in [5, 5.41) is 58.9. The monoisotopic (exact) mass is 449 g/mol. The van der Waals surface area contributed by atoms with Crippen molar-refractivity contribution in [1.82, 2.24) is 0 Å². The molecule has 1 aromatic rings. The third-order valence-electron chi connectivity index (χ3n) is 5.49. The summed E-state index contributed by atoms with van der Waals surface area (Å²) in [6.07, 6.45) is -4.36. The largest absolute Gasteiger partial charge is 0.508 e. The predicted octanol–water partition coefficient (Wildman–Crippen LogP) is 0.0492. The highest BCUT2D eigenvalue weighted by Gasteiger charge is 2.45. The molecule has 1 aliphatic carbocycles. The number of hydrogen-bond donors (Lipinski definition) is 5. The maximum Gasteiger partial charge on any atom is 0.310 e. The van der Waals surface area contributed by atoms with Crippen LogP contribution in [-0.4, -0.2) is 74.9 Å². The van der Waals surface area contributed by atoms with E-state index in [2.05, 4.69) is 0 Å². The van der Waals surface area contributed by atoms with Gasteiger partial charge in [0.25, 0.3) is 0 Å². The molecule has 1 fully saturated rings. The lowest BCUT2D eigenvalue weighted by molar-refractivity contribution is -0.278. The molecule has 10 heteroatoms. The van der Waals surface area contributed by atoms with Gasteiger partial charge in [0.05, 0.1) is 25.0 Å². The zero-order valence-corrected chi connectivity index (χ0v) is 17.3. The van der Waals surface area contributed by atoms with Crippen molar-refractivity contribution >= 4 is 5.97 Å². The first-order valence-electron chi connectivity index (χ1n) is 10.3. The van der Waals surface area contributed by atoms with E-state index in [0.717, 1.165) is 5.57 Å². The molecule has 6 atom stereocenters. The second-order valence-corrected chi connectivity index (χ2v) is 7.91. The number of carbonyl (C=O) groups is 1. The molecule has 32 heavy (non-hydrogen) atoms. The van der Waals surface area contributed by atoms with Crippen LogP contribution in [0.5, 0.6) is 11.5 Å². The van der Waals surface area contributed by atoms with Gasteiger partial charge < -0.3 is 39.7 Å². The van der Waals surface area contributed by atoms with E-state index >= 15 is 0 Å². The molecule has 0 aromatic heterocycles. The molecule has 1 aromatic carbocycles. The van der Waals surface area contributed by atoms with Gasteiger partial charge in [-0.1, -0.05) is 17.7 Å². The second kappa shape index (κ2) is 10.8. The Morgan fingerprint density at radius 3 is 2.66 bits per heavy atom. The van der Waals surface area contributed by atoms with E-state index in [4.69, 9.17) is 19.5 Å². The van der Waals surface area contributed by atoms with E-state index in [1.807, 2.05) is 6.07 Å². The van der Waals surface area contributed by atoms with Crippen molar-refractivity contribution in [1.29, 1.82) is 5.26 Å². The van der Waals surface area contributed by atoms with Crippen LogP contribution < -0.4 is 4.74 Å². The first-order valence-corrected chi connectivity index (χ1v) is 10.3. The first-order chi connectivity index (χ1) is 15.3. The molecule has 1 heterocycles. The fourth-order valence-corrected chi connectivity index (χ4v) is 3.61. The number of hydrogen-bond acceptors (Lipinski definition) is 10. The third-order valence-corrected chi connectivity index (χ3v) is 5.49. The Labute approximate surface area is 184 Å². The number of esters is 1. The van der Waals surface area contributed by atoms with Crippen LogP contribution in [0.25, 0.3) is 0 Å². The Bertz CT molecular complexity index is 881. The second-order valence-electron chi connectivity index (χ2n) is 7.91. The van der Waals surface area contributed by atoms with Gasteiger partial charge >= 0.3 is 5.97 Å². The SMILES string of the molecule is N#CCc1ccc(O)cc1O[C@@H]1O[C@H](COC(=O)CC2=CC[C@@H](O)CC2)[C@@H](O)[C@H](O)[C@H]1O. The lowest BCUT2D eigenvalue weighted by Crippen LogP contribution is -2.60. The van der Waals surface area contributed by atoms with Crippen LogP contribution in [0.4, 0.5) is 0 Å². The standard InChI is InChI=1S/C22H27NO9/c23-8-7-13-3-6-15(25)10-16(13)31-22-21(29)20(28)19(27)17(32-22)11-30-18(26)9-12-1-4-14(24)5-2-12/h1,3,6,10,14,17,19-22,24-25,27-29H,2,4-5,7,9,11H2/t14-,17-,19-,20+,21-,22-/m1/s1. The van der Waals surface area contributed by atoms with Gasteiger partial charge in [0.2, 0.25) is 6.29 Å². The minimum atomic E-state index is -1.64. The number of aliphatic hydroxyl groups is 4. The van der Waals surface area contributed by atoms with Gasteiger partial charge in [-0.05, 0) is 25.3 Å². The highest BCUT2D eigenvalue weighted by atomic mass is 16.7. The van der Waals surface area contributed by atoms with Gasteiger partial charge in [-0.3, -0.25) is 4.79 Å². The fraction of sp³-hybridized carbons (Fsp3) is 0.545. The topological polar surface area (TPSA) is 170 Å². The normalized spacial score (nSPS) is 30.2. The molecule has 0 saturated carbocycles. The van der Waals surface area contributed by atoms with Crippen molar-refractivity contribution in [2.24, 2.45) is 0 Å². The number of aromatic hydroxyl groups is 1. The smallest absolute Gasteiger partial charge is 0.310 e. The molecule has 174 valence electrons. The molecule has 5 N–H and O–H groups in total. The van der Waals surface area contributed by atoms with Crippen LogP contribution in [0.1, 0.15) is 31.2 Å². The lowest BCUT2D eigenvalue weighted by atomic mass is 9.95. The number of benzene rings is 1. The van der Waals surface area contributed by atoms with E-state index in [9.17, 15) is 30.3 Å². The highest BCUT2D eigenvalue weighted by molar-refractivity contribution is 5.72. The molecule has 0 bridgehead atoms. The lowest BCUT2D eigenvalue weighted by Gasteiger charge is -2.40. The number of phenols is 1. The van der Waals surface area contributed by atoms with Gasteiger partial charge in [-0.15, -0.1) is 0 Å². The quantitative estimate of drug-likeness (QED) is 0.283. The molecule has 0 radical (unpaired) electrons. The van der Waals surface area contributed by atoms with Crippen molar-refractivity contribution in [2.75, 3.05) is 6.61 Å².